The lowest BCUT2D eigenvalue weighted by Gasteiger charge is -2.30. The van der Waals surface area contributed by atoms with Gasteiger partial charge < -0.3 is 24.8 Å². The number of rotatable bonds is 5. The van der Waals surface area contributed by atoms with E-state index >= 15 is 0 Å². The molecule has 3 aromatic heterocycles. The van der Waals surface area contributed by atoms with Gasteiger partial charge in [0.15, 0.2) is 40.1 Å². The van der Waals surface area contributed by atoms with Crippen molar-refractivity contribution in [3.8, 4) is 28.5 Å². The smallest absolute Gasteiger partial charge is 0.269 e. The van der Waals surface area contributed by atoms with E-state index in [4.69, 9.17) is 19.2 Å². The predicted octanol–water partition coefficient (Wildman–Crippen LogP) is 3.06. The number of hydrogen-bond acceptors (Lipinski definition) is 9. The minimum absolute atomic E-state index is 0.251. The summed E-state index contributed by atoms with van der Waals surface area (Å²) in [5.41, 5.74) is 1.55. The van der Waals surface area contributed by atoms with Crippen LogP contribution < -0.4 is 24.8 Å². The summed E-state index contributed by atoms with van der Waals surface area (Å²) in [6.07, 6.45) is 4.82. The molecule has 0 radical (unpaired) electrons. The van der Waals surface area contributed by atoms with E-state index in [1.807, 2.05) is 6.07 Å². The summed E-state index contributed by atoms with van der Waals surface area (Å²) in [4.78, 5) is 25.5. The lowest BCUT2D eigenvalue weighted by Crippen LogP contribution is -2.45. The number of fused-ring (bicyclic) bond motifs is 2. The van der Waals surface area contributed by atoms with E-state index in [1.54, 1.807) is 63.2 Å². The molecule has 0 bridgehead atoms. The molecule has 2 N–H and O–H groups in total. The van der Waals surface area contributed by atoms with Crippen molar-refractivity contribution in [2.24, 2.45) is 0 Å². The van der Waals surface area contributed by atoms with Crippen LogP contribution in [0.5, 0.6) is 17.2 Å². The number of carbonyl (C=O) groups excluding carboxylic acids is 1. The van der Waals surface area contributed by atoms with Crippen LogP contribution in [0.2, 0.25) is 0 Å². The van der Waals surface area contributed by atoms with Gasteiger partial charge in [0, 0.05) is 23.5 Å². The average molecular weight is 447 g/mol. The molecule has 0 saturated heterocycles. The summed E-state index contributed by atoms with van der Waals surface area (Å²) in [6, 6.07) is 7.24. The van der Waals surface area contributed by atoms with E-state index in [1.165, 1.54) is 6.33 Å². The highest BCUT2D eigenvalue weighted by molar-refractivity contribution is 5.99. The second-order valence-electron chi connectivity index (χ2n) is 7.83. The second-order valence-corrected chi connectivity index (χ2v) is 7.83. The zero-order valence-electron chi connectivity index (χ0n) is 18.4. The summed E-state index contributed by atoms with van der Waals surface area (Å²) >= 11 is 0. The van der Waals surface area contributed by atoms with Crippen molar-refractivity contribution in [1.82, 2.24) is 24.6 Å². The van der Waals surface area contributed by atoms with Gasteiger partial charge >= 0.3 is 0 Å². The lowest BCUT2D eigenvalue weighted by atomic mass is 10.1. The lowest BCUT2D eigenvalue weighted by molar-refractivity contribution is -0.129. The molecule has 1 aliphatic heterocycles. The minimum atomic E-state index is -1.00. The van der Waals surface area contributed by atoms with E-state index in [9.17, 15) is 4.79 Å². The molecule has 4 heterocycles. The van der Waals surface area contributed by atoms with Crippen molar-refractivity contribution >= 4 is 28.9 Å². The van der Waals surface area contributed by atoms with E-state index in [2.05, 4.69) is 25.7 Å². The summed E-state index contributed by atoms with van der Waals surface area (Å²) in [6.45, 7) is 3.39. The number of carbonyl (C=O) groups is 1. The normalized spacial score (nSPS) is 14.2. The van der Waals surface area contributed by atoms with Crippen LogP contribution >= 0.6 is 0 Å². The van der Waals surface area contributed by atoms with Gasteiger partial charge in [0.05, 0.1) is 26.1 Å². The van der Waals surface area contributed by atoms with Crippen molar-refractivity contribution in [1.29, 1.82) is 0 Å². The Hall–Kier alpha value is -4.41. The third kappa shape index (κ3) is 3.63. The molecule has 4 aromatic rings. The molecule has 0 unspecified atom stereocenters. The Labute approximate surface area is 188 Å². The quantitative estimate of drug-likeness (QED) is 0.475. The Bertz CT molecular complexity index is 1380. The Balaban J connectivity index is 1.55. The van der Waals surface area contributed by atoms with Gasteiger partial charge in [-0.2, -0.15) is 5.10 Å². The summed E-state index contributed by atoms with van der Waals surface area (Å²) < 4.78 is 18.2. The van der Waals surface area contributed by atoms with Crippen LogP contribution in [0.25, 0.3) is 16.9 Å². The number of hydrogen-bond donors (Lipinski definition) is 2. The summed E-state index contributed by atoms with van der Waals surface area (Å²) in [5.74, 6) is 2.27. The first-order valence-corrected chi connectivity index (χ1v) is 10.1. The minimum Gasteiger partial charge on any atom is -0.493 e. The fourth-order valence-corrected chi connectivity index (χ4v) is 3.44. The summed E-state index contributed by atoms with van der Waals surface area (Å²) in [5, 5.41) is 10.3. The molecule has 1 aliphatic rings. The van der Waals surface area contributed by atoms with Crippen molar-refractivity contribution in [3.63, 3.8) is 0 Å². The van der Waals surface area contributed by atoms with E-state index in [0.29, 0.717) is 45.8 Å². The number of benzene rings is 1. The Morgan fingerprint density at radius 1 is 1.12 bits per heavy atom. The number of amides is 1. The van der Waals surface area contributed by atoms with Crippen molar-refractivity contribution in [3.05, 3.63) is 43.0 Å². The Kier molecular flexibility index (Phi) is 4.73. The molecule has 11 nitrogen and oxygen atoms in total. The fourth-order valence-electron chi connectivity index (χ4n) is 3.44. The molecule has 0 aliphatic carbocycles. The summed E-state index contributed by atoms with van der Waals surface area (Å²) in [7, 11) is 3.16. The molecular weight excluding hydrogens is 426 g/mol. The van der Waals surface area contributed by atoms with Gasteiger partial charge in [-0.05, 0) is 32.0 Å². The Morgan fingerprint density at radius 2 is 1.94 bits per heavy atom. The van der Waals surface area contributed by atoms with Crippen LogP contribution in [0, 0.1) is 0 Å². The monoisotopic (exact) mass is 447 g/mol. The number of anilines is 3. The van der Waals surface area contributed by atoms with Gasteiger partial charge in [-0.1, -0.05) is 0 Å². The first kappa shape index (κ1) is 20.5. The molecule has 11 heteroatoms. The zero-order valence-corrected chi connectivity index (χ0v) is 18.4. The molecule has 0 fully saturated rings. The molecule has 1 amide bonds. The number of methoxy groups -OCH3 is 2. The highest BCUT2D eigenvalue weighted by atomic mass is 16.5. The number of pyridine rings is 1. The van der Waals surface area contributed by atoms with Crippen molar-refractivity contribution < 1.29 is 19.0 Å². The first-order valence-electron chi connectivity index (χ1n) is 10.1. The molecule has 0 saturated carbocycles. The molecule has 1 aromatic carbocycles. The van der Waals surface area contributed by atoms with E-state index in [0.717, 1.165) is 5.69 Å². The van der Waals surface area contributed by atoms with Crippen LogP contribution in [0.15, 0.2) is 43.0 Å². The molecule has 5 rings (SSSR count). The first-order chi connectivity index (χ1) is 15.9. The maximum atomic E-state index is 12.1. The zero-order chi connectivity index (χ0) is 23.2. The molecule has 168 valence electrons. The Morgan fingerprint density at radius 3 is 2.73 bits per heavy atom. The predicted molar refractivity (Wildman–Crippen MR) is 120 cm³/mol. The van der Waals surface area contributed by atoms with Gasteiger partial charge in [-0.25, -0.2) is 19.5 Å². The second kappa shape index (κ2) is 7.62. The van der Waals surface area contributed by atoms with Crippen LogP contribution in [0.1, 0.15) is 13.8 Å². The van der Waals surface area contributed by atoms with Gasteiger partial charge in [-0.15, -0.1) is 0 Å². The maximum absolute atomic E-state index is 12.1. The van der Waals surface area contributed by atoms with Gasteiger partial charge in [0.25, 0.3) is 5.91 Å². The van der Waals surface area contributed by atoms with Crippen molar-refractivity contribution in [2.75, 3.05) is 24.9 Å². The highest BCUT2D eigenvalue weighted by Gasteiger charge is 2.36. The molecule has 0 atom stereocenters. The largest absolute Gasteiger partial charge is 0.493 e. The van der Waals surface area contributed by atoms with Gasteiger partial charge in [-0.3, -0.25) is 4.79 Å². The fraction of sp³-hybridized carbons (Fsp3) is 0.227. The van der Waals surface area contributed by atoms with Gasteiger partial charge in [0.1, 0.15) is 6.33 Å². The van der Waals surface area contributed by atoms with Crippen LogP contribution in [0.3, 0.4) is 0 Å². The average Bonchev–Trinajstić information content (AvgIpc) is 3.28. The molecule has 33 heavy (non-hydrogen) atoms. The highest BCUT2D eigenvalue weighted by Crippen LogP contribution is 2.36. The number of ether oxygens (including phenoxy) is 3. The molecule has 0 spiro atoms. The van der Waals surface area contributed by atoms with Crippen molar-refractivity contribution in [2.45, 2.75) is 19.4 Å². The third-order valence-corrected chi connectivity index (χ3v) is 5.20. The van der Waals surface area contributed by atoms with Gasteiger partial charge in [0.2, 0.25) is 0 Å². The standard InChI is InChI=1S/C22H21N7O4/c1-22(2)21(30)28-18-17(33-22)7-12(9-23-18)14-10-29-20(24-11-25-29)19(27-14)26-13-5-6-15(31-3)16(8-13)32-4/h5-11H,1-4H3,(H,26,27)(H,23,28,30). The number of nitrogens with zero attached hydrogens (tertiary/aromatic N) is 5. The maximum Gasteiger partial charge on any atom is 0.269 e. The van der Waals surface area contributed by atoms with E-state index < -0.39 is 5.60 Å². The number of nitrogens with one attached hydrogen (secondary N) is 2. The SMILES string of the molecule is COc1ccc(Nc2nc(-c3cnc4c(c3)OC(C)(C)C(=O)N4)cn3ncnc23)cc1OC. The van der Waals surface area contributed by atoms with E-state index in [-0.39, 0.29) is 5.91 Å². The van der Waals surface area contributed by atoms with Crippen LogP contribution in [-0.4, -0.2) is 50.3 Å². The van der Waals surface area contributed by atoms with Crippen LogP contribution in [-0.2, 0) is 4.79 Å². The third-order valence-electron chi connectivity index (χ3n) is 5.20. The topological polar surface area (TPSA) is 125 Å². The number of aromatic nitrogens is 5. The van der Waals surface area contributed by atoms with Crippen LogP contribution in [0.4, 0.5) is 17.3 Å². The molecular formula is C22H21N7O4.